The number of carbonyl (C=O) groups is 1. The first-order chi connectivity index (χ1) is 16.2. The molecule has 1 aromatic carbocycles. The van der Waals surface area contributed by atoms with Crippen LogP contribution in [0, 0.1) is 0 Å². The average Bonchev–Trinajstić information content (AvgIpc) is 3.27. The molecule has 188 valence electrons. The lowest BCUT2D eigenvalue weighted by Crippen LogP contribution is -2.49. The third-order valence-electron chi connectivity index (χ3n) is 5.66. The number of aliphatic hydroxyl groups excluding tert-OH is 1. The van der Waals surface area contributed by atoms with E-state index in [9.17, 15) is 9.90 Å². The Hall–Kier alpha value is -2.46. The van der Waals surface area contributed by atoms with Crippen LogP contribution in [0.15, 0.2) is 34.9 Å². The van der Waals surface area contributed by atoms with Crippen molar-refractivity contribution in [3.05, 3.63) is 47.7 Å². The van der Waals surface area contributed by atoms with Crippen molar-refractivity contribution in [3.8, 4) is 5.75 Å². The molecule has 1 saturated heterocycles. The van der Waals surface area contributed by atoms with E-state index in [0.717, 1.165) is 37.5 Å². The zero-order chi connectivity index (χ0) is 24.6. The van der Waals surface area contributed by atoms with Crippen molar-refractivity contribution in [2.75, 3.05) is 53.0 Å². The number of piperazine rings is 1. The normalized spacial score (nSPS) is 16.4. The van der Waals surface area contributed by atoms with Crippen LogP contribution < -0.4 is 10.1 Å². The van der Waals surface area contributed by atoms with Crippen LogP contribution in [0.1, 0.15) is 42.7 Å². The summed E-state index contributed by atoms with van der Waals surface area (Å²) in [5.41, 5.74) is 1.08. The molecular formula is C25H38N4O5. The summed E-state index contributed by atoms with van der Waals surface area (Å²) in [5, 5.41) is 13.1. The fraction of sp³-hybridized carbons (Fsp3) is 0.600. The van der Waals surface area contributed by atoms with Crippen LogP contribution in [0.25, 0.3) is 0 Å². The van der Waals surface area contributed by atoms with Gasteiger partial charge in [0.2, 0.25) is 5.89 Å². The lowest BCUT2D eigenvalue weighted by atomic mass is 10.1. The Labute approximate surface area is 202 Å². The molecule has 34 heavy (non-hydrogen) atoms. The van der Waals surface area contributed by atoms with E-state index >= 15 is 0 Å². The van der Waals surface area contributed by atoms with Gasteiger partial charge in [-0.15, -0.1) is 0 Å². The maximum Gasteiger partial charge on any atom is 0.273 e. The van der Waals surface area contributed by atoms with E-state index in [2.05, 4.69) is 20.1 Å². The Kier molecular flexibility index (Phi) is 9.46. The molecule has 1 aliphatic rings. The molecule has 2 aromatic rings. The van der Waals surface area contributed by atoms with Gasteiger partial charge in [0, 0.05) is 39.3 Å². The van der Waals surface area contributed by atoms with Crippen LogP contribution in [0.4, 0.5) is 0 Å². The number of amides is 1. The molecule has 2 heterocycles. The summed E-state index contributed by atoms with van der Waals surface area (Å²) >= 11 is 0. The van der Waals surface area contributed by atoms with Gasteiger partial charge in [0.1, 0.15) is 12.0 Å². The summed E-state index contributed by atoms with van der Waals surface area (Å²) in [6.45, 7) is 11.3. The highest BCUT2D eigenvalue weighted by atomic mass is 16.5. The molecule has 9 nitrogen and oxygen atoms in total. The first kappa shape index (κ1) is 26.2. The molecule has 0 unspecified atom stereocenters. The minimum atomic E-state index is -0.499. The first-order valence-electron chi connectivity index (χ1n) is 11.8. The number of para-hydroxylation sites is 1. The van der Waals surface area contributed by atoms with E-state index in [1.807, 2.05) is 45.0 Å². The molecule has 0 radical (unpaired) electrons. The van der Waals surface area contributed by atoms with Crippen LogP contribution in [-0.4, -0.2) is 90.5 Å². The number of ether oxygens (including phenoxy) is 2. The topological polar surface area (TPSA) is 100 Å². The third kappa shape index (κ3) is 8.39. The molecule has 1 aliphatic heterocycles. The minimum Gasteiger partial charge on any atom is -0.496 e. The zero-order valence-corrected chi connectivity index (χ0v) is 20.7. The fourth-order valence-electron chi connectivity index (χ4n) is 3.82. The van der Waals surface area contributed by atoms with Crippen LogP contribution in [-0.2, 0) is 17.7 Å². The number of rotatable bonds is 11. The first-order valence-corrected chi connectivity index (χ1v) is 11.8. The van der Waals surface area contributed by atoms with Crippen molar-refractivity contribution in [2.45, 2.75) is 45.4 Å². The van der Waals surface area contributed by atoms with E-state index in [0.29, 0.717) is 38.6 Å². The Morgan fingerprint density at radius 3 is 2.62 bits per heavy atom. The maximum absolute atomic E-state index is 12.4. The summed E-state index contributed by atoms with van der Waals surface area (Å²) in [4.78, 5) is 21.3. The third-order valence-corrected chi connectivity index (χ3v) is 5.66. The Balaban J connectivity index is 1.37. The van der Waals surface area contributed by atoms with Gasteiger partial charge in [0.05, 0.1) is 32.0 Å². The highest BCUT2D eigenvalue weighted by molar-refractivity contribution is 5.91. The standard InChI is InChI=1S/C25H38N4O5/c1-25(2,3)34-17-20(30)15-28-11-13-29(14-12-28)16-23-27-21(18-33-23)24(31)26-10-9-19-7-5-6-8-22(19)32-4/h5-8,18,20,30H,9-17H2,1-4H3,(H,26,31)/t20-/m0/s1. The van der Waals surface area contributed by atoms with Gasteiger partial charge in [0.25, 0.3) is 5.91 Å². The monoisotopic (exact) mass is 474 g/mol. The molecular weight excluding hydrogens is 436 g/mol. The summed E-state index contributed by atoms with van der Waals surface area (Å²) in [6, 6.07) is 7.76. The predicted molar refractivity (Wildman–Crippen MR) is 129 cm³/mol. The number of benzene rings is 1. The molecule has 0 saturated carbocycles. The second kappa shape index (κ2) is 12.3. The van der Waals surface area contributed by atoms with E-state index in [1.165, 1.54) is 6.26 Å². The van der Waals surface area contributed by atoms with Crippen molar-refractivity contribution in [1.29, 1.82) is 0 Å². The van der Waals surface area contributed by atoms with E-state index < -0.39 is 6.10 Å². The van der Waals surface area contributed by atoms with E-state index in [4.69, 9.17) is 13.9 Å². The average molecular weight is 475 g/mol. The number of aromatic nitrogens is 1. The SMILES string of the molecule is COc1ccccc1CCNC(=O)c1coc(CN2CCN(C[C@H](O)COC(C)(C)C)CC2)n1. The highest BCUT2D eigenvalue weighted by Gasteiger charge is 2.22. The fourth-order valence-corrected chi connectivity index (χ4v) is 3.82. The molecule has 0 aliphatic carbocycles. The second-order valence-corrected chi connectivity index (χ2v) is 9.60. The number of oxazole rings is 1. The summed E-state index contributed by atoms with van der Waals surface area (Å²) in [5.74, 6) is 1.09. The number of hydrogen-bond acceptors (Lipinski definition) is 8. The second-order valence-electron chi connectivity index (χ2n) is 9.60. The van der Waals surface area contributed by atoms with Crippen molar-refractivity contribution >= 4 is 5.91 Å². The molecule has 1 fully saturated rings. The van der Waals surface area contributed by atoms with Gasteiger partial charge >= 0.3 is 0 Å². The number of carbonyl (C=O) groups excluding carboxylic acids is 1. The molecule has 1 atom stereocenters. The summed E-state index contributed by atoms with van der Waals surface area (Å²) < 4.78 is 16.6. The molecule has 9 heteroatoms. The summed E-state index contributed by atoms with van der Waals surface area (Å²) in [6.07, 6.45) is 1.58. The lowest BCUT2D eigenvalue weighted by Gasteiger charge is -2.35. The van der Waals surface area contributed by atoms with Crippen molar-refractivity contribution in [1.82, 2.24) is 20.1 Å². The number of aliphatic hydroxyl groups is 1. The van der Waals surface area contributed by atoms with Gasteiger partial charge in [-0.3, -0.25) is 14.6 Å². The molecule has 0 spiro atoms. The van der Waals surface area contributed by atoms with Crippen molar-refractivity contribution in [3.63, 3.8) is 0 Å². The van der Waals surface area contributed by atoms with Gasteiger partial charge in [-0.2, -0.15) is 0 Å². The van der Waals surface area contributed by atoms with E-state index in [-0.39, 0.29) is 17.2 Å². The van der Waals surface area contributed by atoms with Gasteiger partial charge in [-0.25, -0.2) is 4.98 Å². The van der Waals surface area contributed by atoms with Crippen molar-refractivity contribution < 1.29 is 23.8 Å². The number of methoxy groups -OCH3 is 1. The number of nitrogens with one attached hydrogen (secondary N) is 1. The Bertz CT molecular complexity index is 903. The van der Waals surface area contributed by atoms with Crippen LogP contribution in [0.2, 0.25) is 0 Å². The van der Waals surface area contributed by atoms with Gasteiger partial charge in [-0.05, 0) is 38.8 Å². The van der Waals surface area contributed by atoms with Gasteiger partial charge in [-0.1, -0.05) is 18.2 Å². The zero-order valence-electron chi connectivity index (χ0n) is 20.7. The van der Waals surface area contributed by atoms with Gasteiger partial charge < -0.3 is 24.3 Å². The summed E-state index contributed by atoms with van der Waals surface area (Å²) in [7, 11) is 1.64. The quantitative estimate of drug-likeness (QED) is 0.510. The molecule has 3 rings (SSSR count). The van der Waals surface area contributed by atoms with Crippen LogP contribution in [0.5, 0.6) is 5.75 Å². The van der Waals surface area contributed by atoms with Crippen molar-refractivity contribution in [2.24, 2.45) is 0 Å². The molecule has 0 bridgehead atoms. The van der Waals surface area contributed by atoms with Crippen LogP contribution >= 0.6 is 0 Å². The smallest absolute Gasteiger partial charge is 0.273 e. The van der Waals surface area contributed by atoms with E-state index in [1.54, 1.807) is 7.11 Å². The minimum absolute atomic E-state index is 0.249. The molecule has 2 N–H and O–H groups in total. The number of nitrogens with zero attached hydrogens (tertiary/aromatic N) is 3. The van der Waals surface area contributed by atoms with Crippen LogP contribution in [0.3, 0.4) is 0 Å². The van der Waals surface area contributed by atoms with Gasteiger partial charge in [0.15, 0.2) is 5.69 Å². The highest BCUT2D eigenvalue weighted by Crippen LogP contribution is 2.17. The number of hydrogen-bond donors (Lipinski definition) is 2. The predicted octanol–water partition coefficient (Wildman–Crippen LogP) is 1.95. The lowest BCUT2D eigenvalue weighted by molar-refractivity contribution is -0.0588. The maximum atomic E-state index is 12.4. The number of β-amino-alcohol motifs (C(OH)–C–C–N with tert-alkyl or cyclic N) is 1. The Morgan fingerprint density at radius 2 is 1.91 bits per heavy atom. The molecule has 1 amide bonds. The largest absolute Gasteiger partial charge is 0.496 e. The Morgan fingerprint density at radius 1 is 1.21 bits per heavy atom. The molecule has 1 aromatic heterocycles.